The van der Waals surface area contributed by atoms with E-state index in [4.69, 9.17) is 0 Å². The van der Waals surface area contributed by atoms with E-state index in [1.807, 2.05) is 0 Å². The molecule has 4 saturated carbocycles. The topological polar surface area (TPSA) is 12.0 Å². The van der Waals surface area contributed by atoms with Gasteiger partial charge in [-0.2, -0.15) is 0 Å². The number of rotatable bonds is 4. The highest BCUT2D eigenvalue weighted by Crippen LogP contribution is 2.53. The van der Waals surface area contributed by atoms with Crippen LogP contribution in [0.5, 0.6) is 0 Å². The summed E-state index contributed by atoms with van der Waals surface area (Å²) in [6.45, 7) is 10.9. The van der Waals surface area contributed by atoms with Gasteiger partial charge in [-0.05, 0) is 95.0 Å². The normalized spacial score (nSPS) is 33.0. The van der Waals surface area contributed by atoms with Crippen molar-refractivity contribution in [3.8, 4) is 0 Å². The third kappa shape index (κ3) is 6.90. The van der Waals surface area contributed by atoms with Gasteiger partial charge in [-0.1, -0.05) is 20.3 Å². The van der Waals surface area contributed by atoms with E-state index in [0.717, 1.165) is 15.1 Å². The van der Waals surface area contributed by atoms with Crippen LogP contribution in [-0.4, -0.2) is 26.4 Å². The van der Waals surface area contributed by atoms with Crippen LogP contribution in [0.3, 0.4) is 0 Å². The minimum absolute atomic E-state index is 1.08. The molecular formula is C18H38NP. The van der Waals surface area contributed by atoms with Crippen molar-refractivity contribution < 1.29 is 0 Å². The molecule has 4 fully saturated rings. The first kappa shape index (κ1) is 18.4. The van der Waals surface area contributed by atoms with E-state index in [1.165, 1.54) is 43.1 Å². The summed E-state index contributed by atoms with van der Waals surface area (Å²) in [6.07, 6.45) is 12.2. The van der Waals surface area contributed by atoms with E-state index < -0.39 is 0 Å². The highest BCUT2D eigenvalue weighted by Gasteiger charge is 2.41. The van der Waals surface area contributed by atoms with Gasteiger partial charge in [0.05, 0.1) is 0 Å². The van der Waals surface area contributed by atoms with Gasteiger partial charge in [0.25, 0.3) is 0 Å². The summed E-state index contributed by atoms with van der Waals surface area (Å²) in [7, 11) is 1.08. The standard InChI is InChI=1S/C10H16.C6H15N.C2H7P/c1-7-2-9-4-8(1)5-10(3-7)6-9;1-3-5-6-7-4-2;1-3-2/h7-10H,1-6H2;7H,3-6H2,1-2H3;3H,1-2H3. The summed E-state index contributed by atoms with van der Waals surface area (Å²) in [5.74, 6) is 4.71. The third-order valence-electron chi connectivity index (χ3n) is 4.96. The fourth-order valence-electron chi connectivity index (χ4n) is 4.46. The van der Waals surface area contributed by atoms with Gasteiger partial charge in [0.15, 0.2) is 0 Å². The molecule has 4 aliphatic carbocycles. The lowest BCUT2D eigenvalue weighted by molar-refractivity contribution is 0.0198. The molecular weight excluding hydrogens is 261 g/mol. The van der Waals surface area contributed by atoms with Crippen LogP contribution < -0.4 is 5.32 Å². The molecule has 4 rings (SSSR count). The largest absolute Gasteiger partial charge is 0.317 e. The van der Waals surface area contributed by atoms with Gasteiger partial charge in [-0.3, -0.25) is 0 Å². The fraction of sp³-hybridized carbons (Fsp3) is 1.00. The summed E-state index contributed by atoms with van der Waals surface area (Å²) < 4.78 is 0. The van der Waals surface area contributed by atoms with Crippen LogP contribution in [0, 0.1) is 23.7 Å². The van der Waals surface area contributed by atoms with Gasteiger partial charge in [0, 0.05) is 0 Å². The first-order valence-electron chi connectivity index (χ1n) is 9.02. The van der Waals surface area contributed by atoms with Gasteiger partial charge in [0.2, 0.25) is 0 Å². The Labute approximate surface area is 129 Å². The van der Waals surface area contributed by atoms with Gasteiger partial charge < -0.3 is 5.32 Å². The molecule has 4 bridgehead atoms. The van der Waals surface area contributed by atoms with Crippen molar-refractivity contribution in [2.45, 2.75) is 65.2 Å². The Morgan fingerprint density at radius 2 is 1.15 bits per heavy atom. The average molecular weight is 299 g/mol. The molecule has 4 aliphatic rings. The zero-order valence-electron chi connectivity index (χ0n) is 14.4. The molecule has 2 heteroatoms. The highest BCUT2D eigenvalue weighted by atomic mass is 31.1. The molecule has 0 spiro atoms. The van der Waals surface area contributed by atoms with Crippen molar-refractivity contribution in [3.05, 3.63) is 0 Å². The second kappa shape index (κ2) is 11.0. The second-order valence-electron chi connectivity index (χ2n) is 7.09. The van der Waals surface area contributed by atoms with E-state index in [-0.39, 0.29) is 0 Å². The van der Waals surface area contributed by atoms with Gasteiger partial charge in [-0.15, -0.1) is 8.58 Å². The predicted molar refractivity (Wildman–Crippen MR) is 95.3 cm³/mol. The van der Waals surface area contributed by atoms with E-state index in [2.05, 4.69) is 32.5 Å². The quantitative estimate of drug-likeness (QED) is 0.559. The molecule has 1 N–H and O–H groups in total. The number of hydrogen-bond donors (Lipinski definition) is 1. The average Bonchev–Trinajstić information content (AvgIpc) is 2.39. The second-order valence-corrected chi connectivity index (χ2v) is 8.09. The molecule has 0 aromatic rings. The van der Waals surface area contributed by atoms with Gasteiger partial charge in [0.1, 0.15) is 0 Å². The Bertz CT molecular complexity index is 169. The Kier molecular flexibility index (Phi) is 10.2. The van der Waals surface area contributed by atoms with Crippen LogP contribution in [0.2, 0.25) is 0 Å². The first-order valence-corrected chi connectivity index (χ1v) is 11.0. The Morgan fingerprint density at radius 1 is 0.800 bits per heavy atom. The van der Waals surface area contributed by atoms with Crippen LogP contribution in [0.4, 0.5) is 0 Å². The molecule has 0 aliphatic heterocycles. The van der Waals surface area contributed by atoms with Crippen LogP contribution in [0.15, 0.2) is 0 Å². The molecule has 0 radical (unpaired) electrons. The summed E-state index contributed by atoms with van der Waals surface area (Å²) >= 11 is 0. The predicted octanol–water partition coefficient (Wildman–Crippen LogP) is 5.15. The molecule has 0 atom stereocenters. The van der Waals surface area contributed by atoms with Crippen LogP contribution in [-0.2, 0) is 0 Å². The lowest BCUT2D eigenvalue weighted by atomic mass is 9.56. The fourth-order valence-corrected chi connectivity index (χ4v) is 4.46. The monoisotopic (exact) mass is 299 g/mol. The van der Waals surface area contributed by atoms with E-state index in [1.54, 1.807) is 38.5 Å². The maximum absolute atomic E-state index is 3.25. The third-order valence-corrected chi connectivity index (χ3v) is 4.96. The zero-order chi connectivity index (χ0) is 14.8. The molecule has 0 saturated heterocycles. The van der Waals surface area contributed by atoms with Crippen molar-refractivity contribution in [2.75, 3.05) is 26.4 Å². The summed E-state index contributed by atoms with van der Waals surface area (Å²) in [6, 6.07) is 0. The molecule has 0 amide bonds. The molecule has 0 aromatic carbocycles. The van der Waals surface area contributed by atoms with Crippen molar-refractivity contribution in [2.24, 2.45) is 23.7 Å². The lowest BCUT2D eigenvalue weighted by Gasteiger charge is -2.49. The molecule has 0 aromatic heterocycles. The smallest absolute Gasteiger partial charge is 0.00491 e. The van der Waals surface area contributed by atoms with Crippen LogP contribution in [0.25, 0.3) is 0 Å². The number of unbranched alkanes of at least 4 members (excludes halogenated alkanes) is 1. The lowest BCUT2D eigenvalue weighted by Crippen LogP contribution is -2.38. The molecule has 0 unspecified atom stereocenters. The maximum atomic E-state index is 3.25. The minimum atomic E-state index is 1.08. The van der Waals surface area contributed by atoms with Crippen molar-refractivity contribution in [3.63, 3.8) is 0 Å². The van der Waals surface area contributed by atoms with Crippen molar-refractivity contribution in [1.29, 1.82) is 0 Å². The number of hydrogen-bond acceptors (Lipinski definition) is 1. The molecule has 120 valence electrons. The van der Waals surface area contributed by atoms with Crippen molar-refractivity contribution in [1.82, 2.24) is 5.32 Å². The molecule has 20 heavy (non-hydrogen) atoms. The Morgan fingerprint density at radius 3 is 1.40 bits per heavy atom. The maximum Gasteiger partial charge on any atom is -0.00491 e. The van der Waals surface area contributed by atoms with Crippen LogP contribution in [0.1, 0.15) is 65.2 Å². The highest BCUT2D eigenvalue weighted by molar-refractivity contribution is 7.35. The van der Waals surface area contributed by atoms with E-state index in [9.17, 15) is 0 Å². The van der Waals surface area contributed by atoms with Gasteiger partial charge >= 0.3 is 0 Å². The van der Waals surface area contributed by atoms with Crippen molar-refractivity contribution >= 4 is 8.58 Å². The minimum Gasteiger partial charge on any atom is -0.317 e. The SMILES string of the molecule is C1C2CC3CC1CC(C2)C3.CCCCNCC.CPC. The Hall–Kier alpha value is 0.390. The Balaban J connectivity index is 0.000000178. The zero-order valence-corrected chi connectivity index (χ0v) is 15.4. The van der Waals surface area contributed by atoms with E-state index in [0.29, 0.717) is 0 Å². The summed E-state index contributed by atoms with van der Waals surface area (Å²) in [5.41, 5.74) is 0. The first-order chi connectivity index (χ1) is 9.73. The number of nitrogens with one attached hydrogen (secondary N) is 1. The van der Waals surface area contributed by atoms with E-state index >= 15 is 0 Å². The summed E-state index contributed by atoms with van der Waals surface area (Å²) in [4.78, 5) is 0. The summed E-state index contributed by atoms with van der Waals surface area (Å²) in [5, 5.41) is 3.25. The van der Waals surface area contributed by atoms with Gasteiger partial charge in [-0.25, -0.2) is 0 Å². The molecule has 0 heterocycles. The molecule has 1 nitrogen and oxygen atoms in total. The van der Waals surface area contributed by atoms with Crippen LogP contribution >= 0.6 is 8.58 Å².